The molecule has 0 aromatic carbocycles. The molecule has 3 heterocycles. The number of tetrazole rings is 1. The van der Waals surface area contributed by atoms with Crippen molar-refractivity contribution in [1.29, 1.82) is 0 Å². The Morgan fingerprint density at radius 3 is 2.64 bits per heavy atom. The van der Waals surface area contributed by atoms with E-state index in [0.717, 1.165) is 25.7 Å². The second-order valence-electron chi connectivity index (χ2n) is 8.57. The summed E-state index contributed by atoms with van der Waals surface area (Å²) in [5.74, 6) is 1.50. The minimum absolute atomic E-state index is 0.0136. The lowest BCUT2D eigenvalue weighted by molar-refractivity contribution is -0.166. The van der Waals surface area contributed by atoms with Gasteiger partial charge >= 0.3 is 0 Å². The molecule has 4 aliphatic rings. The summed E-state index contributed by atoms with van der Waals surface area (Å²) in [6.07, 6.45) is 9.62. The first kappa shape index (κ1) is 17.8. The van der Waals surface area contributed by atoms with E-state index in [0.29, 0.717) is 50.5 Å². The van der Waals surface area contributed by atoms with Gasteiger partial charge in [-0.05, 0) is 47.9 Å². The number of fused-ring (bicyclic) bond motifs is 2. The summed E-state index contributed by atoms with van der Waals surface area (Å²) in [4.78, 5) is 29.4. The molecule has 1 saturated carbocycles. The summed E-state index contributed by atoms with van der Waals surface area (Å²) in [6, 6.07) is 0. The fraction of sp³-hybridized carbons (Fsp3) is 0.737. The number of morpholine rings is 1. The Balaban J connectivity index is 1.18. The summed E-state index contributed by atoms with van der Waals surface area (Å²) in [5.41, 5.74) is -0.313. The van der Waals surface area contributed by atoms with Gasteiger partial charge in [-0.3, -0.25) is 9.59 Å². The van der Waals surface area contributed by atoms with Crippen LogP contribution >= 0.6 is 0 Å². The highest BCUT2D eigenvalue weighted by atomic mass is 16.5. The van der Waals surface area contributed by atoms with Gasteiger partial charge in [-0.1, -0.05) is 12.2 Å². The van der Waals surface area contributed by atoms with E-state index >= 15 is 0 Å². The number of carbonyl (C=O) groups excluding carboxylic acids is 2. The van der Waals surface area contributed by atoms with Gasteiger partial charge in [0.05, 0.1) is 12.2 Å². The fourth-order valence-electron chi connectivity index (χ4n) is 5.29. The molecule has 1 aromatic rings. The second kappa shape index (κ2) is 6.95. The standard InChI is InChI=1S/C19H26N6O3/c26-17(11-25-13-20-21-22-25)23-5-3-19(4-6-23)12-24(7-8-28-19)18(27)16-10-14-1-2-15(16)9-14/h1-2,13-16H,3-12H2/t14-,15+,16-/m1/s1. The third-order valence-electron chi connectivity index (χ3n) is 6.87. The predicted octanol–water partition coefficient (Wildman–Crippen LogP) is 0.105. The SMILES string of the molecule is O=C(Cn1cnnn1)N1CCC2(CC1)CN(C(=O)[C@@H]1C[C@@H]3C=C[C@H]1C3)CCO2. The van der Waals surface area contributed by atoms with E-state index in [1.165, 1.54) is 11.0 Å². The predicted molar refractivity (Wildman–Crippen MR) is 97.7 cm³/mol. The quantitative estimate of drug-likeness (QED) is 0.685. The number of ether oxygens (including phenoxy) is 1. The molecule has 9 heteroatoms. The average Bonchev–Trinajstić information content (AvgIpc) is 3.46. The van der Waals surface area contributed by atoms with Crippen molar-refractivity contribution < 1.29 is 14.3 Å². The van der Waals surface area contributed by atoms with Crippen molar-refractivity contribution in [2.24, 2.45) is 17.8 Å². The monoisotopic (exact) mass is 386 g/mol. The number of hydrogen-bond donors (Lipinski definition) is 0. The van der Waals surface area contributed by atoms with Crippen LogP contribution in [0.1, 0.15) is 25.7 Å². The Morgan fingerprint density at radius 2 is 1.96 bits per heavy atom. The highest BCUT2D eigenvalue weighted by Gasteiger charge is 2.46. The van der Waals surface area contributed by atoms with Gasteiger partial charge in [0.15, 0.2) is 0 Å². The first-order valence-electron chi connectivity index (χ1n) is 10.2. The van der Waals surface area contributed by atoms with Crippen molar-refractivity contribution in [3.05, 3.63) is 18.5 Å². The number of amides is 2. The van der Waals surface area contributed by atoms with E-state index in [9.17, 15) is 9.59 Å². The fourth-order valence-corrected chi connectivity index (χ4v) is 5.29. The maximum absolute atomic E-state index is 13.1. The van der Waals surface area contributed by atoms with Crippen LogP contribution < -0.4 is 0 Å². The third kappa shape index (κ3) is 3.21. The van der Waals surface area contributed by atoms with Crippen molar-refractivity contribution in [2.45, 2.75) is 37.8 Å². The Kier molecular flexibility index (Phi) is 4.41. The molecular weight excluding hydrogens is 360 g/mol. The van der Waals surface area contributed by atoms with Gasteiger partial charge in [0, 0.05) is 32.1 Å². The minimum atomic E-state index is -0.313. The van der Waals surface area contributed by atoms with Gasteiger partial charge in [0.2, 0.25) is 11.8 Å². The average molecular weight is 386 g/mol. The van der Waals surface area contributed by atoms with Crippen LogP contribution in [0.15, 0.2) is 18.5 Å². The number of aromatic nitrogens is 4. The molecule has 2 bridgehead atoms. The number of rotatable bonds is 3. The highest BCUT2D eigenvalue weighted by Crippen LogP contribution is 2.44. The Hall–Kier alpha value is -2.29. The summed E-state index contributed by atoms with van der Waals surface area (Å²) in [5, 5.41) is 10.9. The van der Waals surface area contributed by atoms with Gasteiger partial charge in [0.1, 0.15) is 12.9 Å². The van der Waals surface area contributed by atoms with Crippen molar-refractivity contribution in [2.75, 3.05) is 32.8 Å². The first-order chi connectivity index (χ1) is 13.6. The lowest BCUT2D eigenvalue weighted by atomic mass is 9.87. The molecule has 150 valence electrons. The molecule has 2 aliphatic carbocycles. The van der Waals surface area contributed by atoms with Crippen LogP contribution in [0.2, 0.25) is 0 Å². The van der Waals surface area contributed by atoms with Crippen molar-refractivity contribution in [3.8, 4) is 0 Å². The molecule has 0 radical (unpaired) electrons. The molecule has 3 fully saturated rings. The van der Waals surface area contributed by atoms with Gasteiger partial charge < -0.3 is 14.5 Å². The van der Waals surface area contributed by atoms with Gasteiger partial charge in [-0.15, -0.1) is 5.10 Å². The molecule has 1 spiro atoms. The zero-order valence-electron chi connectivity index (χ0n) is 15.9. The van der Waals surface area contributed by atoms with Crippen LogP contribution in [0.4, 0.5) is 0 Å². The van der Waals surface area contributed by atoms with E-state index in [-0.39, 0.29) is 24.0 Å². The van der Waals surface area contributed by atoms with E-state index in [2.05, 4.69) is 27.7 Å². The van der Waals surface area contributed by atoms with Crippen LogP contribution in [0.3, 0.4) is 0 Å². The largest absolute Gasteiger partial charge is 0.371 e. The molecule has 2 aliphatic heterocycles. The summed E-state index contributed by atoms with van der Waals surface area (Å²) in [6.45, 7) is 3.35. The molecule has 2 amide bonds. The van der Waals surface area contributed by atoms with E-state index in [4.69, 9.17) is 4.74 Å². The number of carbonyl (C=O) groups is 2. The normalized spacial score (nSPS) is 30.9. The van der Waals surface area contributed by atoms with Crippen molar-refractivity contribution in [1.82, 2.24) is 30.0 Å². The molecule has 0 unspecified atom stereocenters. The zero-order valence-corrected chi connectivity index (χ0v) is 15.9. The summed E-state index contributed by atoms with van der Waals surface area (Å²) < 4.78 is 7.60. The molecule has 3 atom stereocenters. The topological polar surface area (TPSA) is 93.5 Å². The maximum Gasteiger partial charge on any atom is 0.244 e. The van der Waals surface area contributed by atoms with Crippen molar-refractivity contribution in [3.63, 3.8) is 0 Å². The van der Waals surface area contributed by atoms with Gasteiger partial charge in [-0.25, -0.2) is 4.68 Å². The Bertz CT molecular complexity index is 771. The van der Waals surface area contributed by atoms with E-state index in [1.807, 2.05) is 9.80 Å². The number of piperidine rings is 1. The molecule has 9 nitrogen and oxygen atoms in total. The summed E-state index contributed by atoms with van der Waals surface area (Å²) >= 11 is 0. The molecule has 5 rings (SSSR count). The lowest BCUT2D eigenvalue weighted by Crippen LogP contribution is -2.59. The highest BCUT2D eigenvalue weighted by molar-refractivity contribution is 5.80. The van der Waals surface area contributed by atoms with Gasteiger partial charge in [0.25, 0.3) is 0 Å². The van der Waals surface area contributed by atoms with Gasteiger partial charge in [-0.2, -0.15) is 0 Å². The van der Waals surface area contributed by atoms with Crippen molar-refractivity contribution >= 4 is 11.8 Å². The number of allylic oxidation sites excluding steroid dienone is 2. The number of nitrogens with zero attached hydrogens (tertiary/aromatic N) is 6. The Morgan fingerprint density at radius 1 is 1.11 bits per heavy atom. The number of hydrogen-bond acceptors (Lipinski definition) is 6. The molecule has 2 saturated heterocycles. The summed E-state index contributed by atoms with van der Waals surface area (Å²) in [7, 11) is 0. The van der Waals surface area contributed by atoms with Crippen LogP contribution in [0, 0.1) is 17.8 Å². The maximum atomic E-state index is 13.1. The molecular formula is C19H26N6O3. The second-order valence-corrected chi connectivity index (χ2v) is 8.57. The molecule has 0 N–H and O–H groups in total. The van der Waals surface area contributed by atoms with E-state index in [1.54, 1.807) is 0 Å². The smallest absolute Gasteiger partial charge is 0.244 e. The van der Waals surface area contributed by atoms with E-state index < -0.39 is 0 Å². The van der Waals surface area contributed by atoms with Crippen LogP contribution in [0.5, 0.6) is 0 Å². The number of likely N-dealkylation sites (tertiary alicyclic amines) is 1. The Labute approximate surface area is 163 Å². The van der Waals surface area contributed by atoms with Crippen LogP contribution in [-0.2, 0) is 20.9 Å². The zero-order chi connectivity index (χ0) is 19.1. The molecule has 28 heavy (non-hydrogen) atoms. The first-order valence-corrected chi connectivity index (χ1v) is 10.2. The lowest BCUT2D eigenvalue weighted by Gasteiger charge is -2.47. The molecule has 1 aromatic heterocycles. The minimum Gasteiger partial charge on any atom is -0.371 e. The third-order valence-corrected chi connectivity index (χ3v) is 6.87. The van der Waals surface area contributed by atoms with Crippen LogP contribution in [0.25, 0.3) is 0 Å². The van der Waals surface area contributed by atoms with Crippen LogP contribution in [-0.4, -0.2) is 80.2 Å².